The van der Waals surface area contributed by atoms with E-state index >= 15 is 0 Å². The first-order valence-electron chi connectivity index (χ1n) is 8.24. The number of nitrogens with zero attached hydrogens (tertiary/aromatic N) is 2. The molecule has 30 heavy (non-hydrogen) atoms. The fraction of sp³-hybridized carbons (Fsp3) is 0. The van der Waals surface area contributed by atoms with Crippen molar-refractivity contribution in [1.82, 2.24) is 9.97 Å². The number of hydrogen-bond acceptors (Lipinski definition) is 7. The number of hydrogen-bond donors (Lipinski definition) is 4. The summed E-state index contributed by atoms with van der Waals surface area (Å²) in [5.41, 5.74) is 1.09. The van der Waals surface area contributed by atoms with Crippen LogP contribution >= 0.6 is 12.2 Å². The summed E-state index contributed by atoms with van der Waals surface area (Å²) in [6.07, 6.45) is 2.85. The van der Waals surface area contributed by atoms with Gasteiger partial charge in [-0.25, -0.2) is 36.7 Å². The molecule has 0 saturated heterocycles. The molecule has 0 fully saturated rings. The molecule has 0 aliphatic rings. The van der Waals surface area contributed by atoms with Gasteiger partial charge in [-0.1, -0.05) is 0 Å². The van der Waals surface area contributed by atoms with Crippen LogP contribution in [-0.2, 0) is 20.0 Å². The van der Waals surface area contributed by atoms with E-state index < -0.39 is 20.0 Å². The Morgan fingerprint density at radius 2 is 1.27 bits per heavy atom. The maximum Gasteiger partial charge on any atom is 0.264 e. The van der Waals surface area contributed by atoms with Crippen molar-refractivity contribution in [1.29, 1.82) is 0 Å². The van der Waals surface area contributed by atoms with Crippen LogP contribution in [0.2, 0.25) is 0 Å². The van der Waals surface area contributed by atoms with Gasteiger partial charge in [-0.05, 0) is 66.8 Å². The first kappa shape index (κ1) is 21.6. The van der Waals surface area contributed by atoms with E-state index in [9.17, 15) is 16.8 Å². The van der Waals surface area contributed by atoms with E-state index in [0.717, 1.165) is 0 Å². The maximum atomic E-state index is 12.4. The summed E-state index contributed by atoms with van der Waals surface area (Å²) >= 11 is 5.21. The first-order chi connectivity index (χ1) is 14.1. The number of primary sulfonamides is 1. The van der Waals surface area contributed by atoms with E-state index in [1.165, 1.54) is 48.8 Å². The lowest BCUT2D eigenvalue weighted by atomic mass is 10.3. The molecule has 0 bridgehead atoms. The van der Waals surface area contributed by atoms with Crippen LogP contribution in [0.15, 0.2) is 76.8 Å². The molecule has 0 saturated carbocycles. The fourth-order valence-corrected chi connectivity index (χ4v) is 3.98. The van der Waals surface area contributed by atoms with Crippen molar-refractivity contribution in [2.45, 2.75) is 9.79 Å². The number of thiocarbonyl (C=S) groups is 1. The Morgan fingerprint density at radius 3 is 1.73 bits per heavy atom. The van der Waals surface area contributed by atoms with Gasteiger partial charge in [-0.15, -0.1) is 0 Å². The average molecular weight is 465 g/mol. The lowest BCUT2D eigenvalue weighted by molar-refractivity contribution is 0.597. The molecule has 1 aromatic heterocycles. The minimum atomic E-state index is -3.83. The monoisotopic (exact) mass is 464 g/mol. The summed E-state index contributed by atoms with van der Waals surface area (Å²) in [6, 6.07) is 13.2. The second-order valence-corrected chi connectivity index (χ2v) is 9.50. The minimum Gasteiger partial charge on any atom is -0.332 e. The molecule has 0 aliphatic heterocycles. The highest BCUT2D eigenvalue weighted by Crippen LogP contribution is 2.17. The van der Waals surface area contributed by atoms with E-state index in [2.05, 4.69) is 25.3 Å². The molecule has 0 radical (unpaired) electrons. The van der Waals surface area contributed by atoms with Crippen LogP contribution in [0.4, 0.5) is 17.3 Å². The quantitative estimate of drug-likeness (QED) is 0.399. The van der Waals surface area contributed by atoms with Gasteiger partial charge in [0.1, 0.15) is 0 Å². The molecule has 1 heterocycles. The standard InChI is InChI=1S/C17H16N6O4S3/c18-29(24,25)14-6-2-12(3-7-14)21-17(28)22-13-4-8-15(9-5-13)30(26,27)23-16-19-10-1-11-20-16/h1-11H,(H2,18,24,25)(H,19,20,23)(H2,21,22,28). The Balaban J connectivity index is 1.63. The molecule has 5 N–H and O–H groups in total. The molecular weight excluding hydrogens is 448 g/mol. The summed E-state index contributed by atoms with van der Waals surface area (Å²) in [4.78, 5) is 7.66. The van der Waals surface area contributed by atoms with E-state index in [4.69, 9.17) is 17.4 Å². The van der Waals surface area contributed by atoms with Crippen molar-refractivity contribution in [3.05, 3.63) is 67.0 Å². The SMILES string of the molecule is NS(=O)(=O)c1ccc(NC(=S)Nc2ccc(S(=O)(=O)Nc3ncccn3)cc2)cc1. The average Bonchev–Trinajstić information content (AvgIpc) is 2.68. The van der Waals surface area contributed by atoms with Gasteiger partial charge in [-0.2, -0.15) is 0 Å². The van der Waals surface area contributed by atoms with Crippen molar-refractivity contribution in [3.8, 4) is 0 Å². The number of rotatable bonds is 6. The topological polar surface area (TPSA) is 156 Å². The molecule has 0 unspecified atom stereocenters. The molecule has 2 aromatic carbocycles. The Hall–Kier alpha value is -3.13. The lowest BCUT2D eigenvalue weighted by Crippen LogP contribution is -2.19. The van der Waals surface area contributed by atoms with Gasteiger partial charge in [0.25, 0.3) is 10.0 Å². The van der Waals surface area contributed by atoms with Crippen LogP contribution in [0.25, 0.3) is 0 Å². The molecule has 3 rings (SSSR count). The molecule has 13 heteroatoms. The van der Waals surface area contributed by atoms with Gasteiger partial charge in [0.05, 0.1) is 9.79 Å². The molecule has 0 amide bonds. The van der Waals surface area contributed by atoms with Gasteiger partial charge in [0, 0.05) is 23.8 Å². The smallest absolute Gasteiger partial charge is 0.264 e. The molecule has 3 aromatic rings. The zero-order valence-corrected chi connectivity index (χ0v) is 17.6. The predicted octanol–water partition coefficient (Wildman–Crippen LogP) is 1.73. The Kier molecular flexibility index (Phi) is 6.26. The summed E-state index contributed by atoms with van der Waals surface area (Å²) in [7, 11) is -7.60. The maximum absolute atomic E-state index is 12.4. The molecule has 0 atom stereocenters. The van der Waals surface area contributed by atoms with Gasteiger partial charge >= 0.3 is 0 Å². The normalized spacial score (nSPS) is 11.5. The first-order valence-corrected chi connectivity index (χ1v) is 11.7. The zero-order chi connectivity index (χ0) is 21.8. The van der Waals surface area contributed by atoms with Crippen LogP contribution in [0, 0.1) is 0 Å². The van der Waals surface area contributed by atoms with E-state index in [-0.39, 0.29) is 20.9 Å². The molecule has 0 aliphatic carbocycles. The summed E-state index contributed by atoms with van der Waals surface area (Å²) in [5, 5.41) is 11.1. The van der Waals surface area contributed by atoms with Crippen molar-refractivity contribution in [2.75, 3.05) is 15.4 Å². The van der Waals surface area contributed by atoms with Gasteiger partial charge < -0.3 is 10.6 Å². The number of nitrogens with one attached hydrogen (secondary N) is 3. The van der Waals surface area contributed by atoms with Crippen LogP contribution in [-0.4, -0.2) is 31.9 Å². The second-order valence-electron chi connectivity index (χ2n) is 5.85. The second kappa shape index (κ2) is 8.71. The van der Waals surface area contributed by atoms with E-state index in [1.54, 1.807) is 18.2 Å². The fourth-order valence-electron chi connectivity index (χ4n) is 2.27. The summed E-state index contributed by atoms with van der Waals surface area (Å²) in [5.74, 6) is -0.0291. The van der Waals surface area contributed by atoms with Gasteiger partial charge in [0.15, 0.2) is 5.11 Å². The molecular formula is C17H16N6O4S3. The molecule has 156 valence electrons. The Labute approximate surface area is 178 Å². The predicted molar refractivity (Wildman–Crippen MR) is 117 cm³/mol. The molecule has 10 nitrogen and oxygen atoms in total. The third-order valence-electron chi connectivity index (χ3n) is 3.65. The summed E-state index contributed by atoms with van der Waals surface area (Å²) in [6.45, 7) is 0. The van der Waals surface area contributed by atoms with Crippen molar-refractivity contribution in [3.63, 3.8) is 0 Å². The van der Waals surface area contributed by atoms with Crippen molar-refractivity contribution in [2.24, 2.45) is 5.14 Å². The van der Waals surface area contributed by atoms with Crippen molar-refractivity contribution >= 4 is 54.7 Å². The third-order valence-corrected chi connectivity index (χ3v) is 6.13. The Bertz CT molecular complexity index is 1250. The van der Waals surface area contributed by atoms with Crippen LogP contribution in [0.5, 0.6) is 0 Å². The van der Waals surface area contributed by atoms with Gasteiger partial charge in [0.2, 0.25) is 16.0 Å². The highest BCUT2D eigenvalue weighted by atomic mass is 32.2. The highest BCUT2D eigenvalue weighted by Gasteiger charge is 2.15. The number of aromatic nitrogens is 2. The van der Waals surface area contributed by atoms with Crippen molar-refractivity contribution < 1.29 is 16.8 Å². The van der Waals surface area contributed by atoms with E-state index in [0.29, 0.717) is 11.4 Å². The number of nitrogens with two attached hydrogens (primary N) is 1. The van der Waals surface area contributed by atoms with Crippen LogP contribution in [0.3, 0.4) is 0 Å². The Morgan fingerprint density at radius 1 is 0.800 bits per heavy atom. The van der Waals surface area contributed by atoms with Gasteiger partial charge in [-0.3, -0.25) is 0 Å². The number of anilines is 3. The van der Waals surface area contributed by atoms with Crippen LogP contribution < -0.4 is 20.5 Å². The summed E-state index contributed by atoms with van der Waals surface area (Å²) < 4.78 is 49.6. The third kappa shape index (κ3) is 5.70. The van der Waals surface area contributed by atoms with E-state index in [1.807, 2.05) is 0 Å². The lowest BCUT2D eigenvalue weighted by Gasteiger charge is -2.12. The number of benzene rings is 2. The zero-order valence-electron chi connectivity index (χ0n) is 15.2. The highest BCUT2D eigenvalue weighted by molar-refractivity contribution is 7.92. The molecule has 0 spiro atoms. The minimum absolute atomic E-state index is 0.0155. The largest absolute Gasteiger partial charge is 0.332 e. The number of sulfonamides is 2. The van der Waals surface area contributed by atoms with Crippen LogP contribution in [0.1, 0.15) is 0 Å².